The van der Waals surface area contributed by atoms with Gasteiger partial charge in [0.05, 0.1) is 14.2 Å². The van der Waals surface area contributed by atoms with Crippen LogP contribution in [0.4, 0.5) is 11.4 Å². The summed E-state index contributed by atoms with van der Waals surface area (Å²) in [6.07, 6.45) is 2.25. The minimum Gasteiger partial charge on any atom is -0.466 e. The molecule has 0 radical (unpaired) electrons. The van der Waals surface area contributed by atoms with Crippen LogP contribution in [-0.2, 0) is 28.7 Å². The van der Waals surface area contributed by atoms with Crippen molar-refractivity contribution in [2.75, 3.05) is 24.9 Å². The lowest BCUT2D eigenvalue weighted by Crippen LogP contribution is -2.13. The third-order valence-corrected chi connectivity index (χ3v) is 3.13. The van der Waals surface area contributed by atoms with E-state index in [9.17, 15) is 19.2 Å². The Morgan fingerprint density at radius 1 is 0.731 bits per heavy atom. The SMILES string of the molecule is COC(=O)/C(C)=C\C(=O)Nc1ccc(NC(=O)/C=C(/C)C(=O)OC)cc1. The van der Waals surface area contributed by atoms with E-state index in [4.69, 9.17) is 0 Å². The number of anilines is 2. The standard InChI is InChI=1S/C18H20N2O6/c1-11(17(23)25-3)9-15(21)19-13-5-7-14(8-6-13)20-16(22)10-12(2)18(24)26-4/h5-10H,1-4H3,(H,19,21)(H,20,22)/b11-9-,12-10-. The lowest BCUT2D eigenvalue weighted by Gasteiger charge is -2.06. The van der Waals surface area contributed by atoms with Gasteiger partial charge < -0.3 is 20.1 Å². The molecule has 2 amide bonds. The molecule has 0 aliphatic carbocycles. The summed E-state index contributed by atoms with van der Waals surface area (Å²) in [6.45, 7) is 2.93. The number of nitrogens with one attached hydrogen (secondary N) is 2. The van der Waals surface area contributed by atoms with Gasteiger partial charge in [0.1, 0.15) is 0 Å². The topological polar surface area (TPSA) is 111 Å². The highest BCUT2D eigenvalue weighted by molar-refractivity contribution is 6.05. The van der Waals surface area contributed by atoms with Crippen LogP contribution in [0.15, 0.2) is 47.6 Å². The summed E-state index contributed by atoms with van der Waals surface area (Å²) in [5, 5.41) is 5.16. The number of hydrogen-bond donors (Lipinski definition) is 2. The molecular formula is C18H20N2O6. The highest BCUT2D eigenvalue weighted by atomic mass is 16.5. The van der Waals surface area contributed by atoms with Crippen LogP contribution in [0.5, 0.6) is 0 Å². The molecule has 8 heteroatoms. The molecule has 0 atom stereocenters. The molecule has 26 heavy (non-hydrogen) atoms. The molecule has 1 rings (SSSR count). The minimum atomic E-state index is -0.589. The Balaban J connectivity index is 2.69. The van der Waals surface area contributed by atoms with E-state index >= 15 is 0 Å². The molecular weight excluding hydrogens is 340 g/mol. The van der Waals surface area contributed by atoms with E-state index in [1.54, 1.807) is 24.3 Å². The molecule has 0 aliphatic rings. The lowest BCUT2D eigenvalue weighted by molar-refractivity contribution is -0.137. The quantitative estimate of drug-likeness (QED) is 0.591. The Bertz CT molecular complexity index is 697. The van der Waals surface area contributed by atoms with Gasteiger partial charge in [-0.1, -0.05) is 0 Å². The lowest BCUT2D eigenvalue weighted by atomic mass is 10.2. The van der Waals surface area contributed by atoms with Crippen LogP contribution in [0.2, 0.25) is 0 Å². The number of esters is 2. The van der Waals surface area contributed by atoms with Crippen LogP contribution in [0.3, 0.4) is 0 Å². The molecule has 0 fully saturated rings. The average Bonchev–Trinajstić information content (AvgIpc) is 2.61. The first kappa shape index (κ1) is 20.6. The van der Waals surface area contributed by atoms with Crippen molar-refractivity contribution in [1.82, 2.24) is 0 Å². The van der Waals surface area contributed by atoms with Crippen molar-refractivity contribution >= 4 is 35.1 Å². The summed E-state index contributed by atoms with van der Waals surface area (Å²) in [5.41, 5.74) is 1.29. The van der Waals surface area contributed by atoms with E-state index in [1.165, 1.54) is 28.1 Å². The molecule has 1 aromatic carbocycles. The molecule has 138 valence electrons. The zero-order valence-corrected chi connectivity index (χ0v) is 14.9. The molecule has 1 aromatic rings. The summed E-state index contributed by atoms with van der Waals surface area (Å²) in [7, 11) is 2.46. The maximum atomic E-state index is 11.8. The molecule has 0 spiro atoms. The van der Waals surface area contributed by atoms with Gasteiger partial charge in [0.15, 0.2) is 0 Å². The molecule has 8 nitrogen and oxygen atoms in total. The molecule has 0 aliphatic heterocycles. The second-order valence-corrected chi connectivity index (χ2v) is 5.19. The van der Waals surface area contributed by atoms with Crippen LogP contribution in [-0.4, -0.2) is 38.0 Å². The fourth-order valence-corrected chi connectivity index (χ4v) is 1.83. The number of hydrogen-bond acceptors (Lipinski definition) is 6. The van der Waals surface area contributed by atoms with Crippen LogP contribution >= 0.6 is 0 Å². The highest BCUT2D eigenvalue weighted by Gasteiger charge is 2.08. The molecule has 0 saturated heterocycles. The van der Waals surface area contributed by atoms with E-state index in [2.05, 4.69) is 20.1 Å². The van der Waals surface area contributed by atoms with Crippen LogP contribution < -0.4 is 10.6 Å². The summed E-state index contributed by atoms with van der Waals surface area (Å²) >= 11 is 0. The summed E-state index contributed by atoms with van der Waals surface area (Å²) in [4.78, 5) is 46.1. The first-order valence-electron chi connectivity index (χ1n) is 7.52. The van der Waals surface area contributed by atoms with Crippen molar-refractivity contribution in [3.05, 3.63) is 47.6 Å². The minimum absolute atomic E-state index is 0.168. The van der Waals surface area contributed by atoms with Crippen molar-refractivity contribution in [2.45, 2.75) is 13.8 Å². The summed E-state index contributed by atoms with van der Waals surface area (Å²) in [6, 6.07) is 6.30. The van der Waals surface area contributed by atoms with Crippen molar-refractivity contribution in [2.24, 2.45) is 0 Å². The number of amides is 2. The number of rotatable bonds is 6. The van der Waals surface area contributed by atoms with Gasteiger partial charge in [-0.25, -0.2) is 9.59 Å². The van der Waals surface area contributed by atoms with Gasteiger partial charge in [-0.3, -0.25) is 9.59 Å². The molecule has 0 saturated carbocycles. The predicted octanol–water partition coefficient (Wildman–Crippen LogP) is 1.80. The van der Waals surface area contributed by atoms with Crippen molar-refractivity contribution in [1.29, 1.82) is 0 Å². The van der Waals surface area contributed by atoms with Crippen LogP contribution in [0.25, 0.3) is 0 Å². The van der Waals surface area contributed by atoms with E-state index in [-0.39, 0.29) is 11.1 Å². The first-order valence-corrected chi connectivity index (χ1v) is 7.52. The number of methoxy groups -OCH3 is 2. The largest absolute Gasteiger partial charge is 0.466 e. The van der Waals surface area contributed by atoms with E-state index in [0.717, 1.165) is 12.2 Å². The summed E-state index contributed by atoms with van der Waals surface area (Å²) < 4.78 is 9.01. The Hall–Kier alpha value is -3.42. The predicted molar refractivity (Wildman–Crippen MR) is 95.2 cm³/mol. The second kappa shape index (κ2) is 9.77. The number of ether oxygens (including phenoxy) is 2. The van der Waals surface area contributed by atoms with E-state index in [0.29, 0.717) is 11.4 Å². The van der Waals surface area contributed by atoms with Gasteiger partial charge in [0.2, 0.25) is 11.8 Å². The van der Waals surface area contributed by atoms with E-state index < -0.39 is 23.8 Å². The monoisotopic (exact) mass is 360 g/mol. The third-order valence-electron chi connectivity index (χ3n) is 3.13. The van der Waals surface area contributed by atoms with E-state index in [1.807, 2.05) is 0 Å². The number of carbonyl (C=O) groups excluding carboxylic acids is 4. The van der Waals surface area contributed by atoms with Gasteiger partial charge in [-0.05, 0) is 38.1 Å². The fourth-order valence-electron chi connectivity index (χ4n) is 1.83. The maximum Gasteiger partial charge on any atom is 0.333 e. The molecule has 2 N–H and O–H groups in total. The normalized spacial score (nSPS) is 11.4. The average molecular weight is 360 g/mol. The van der Waals surface area contributed by atoms with Gasteiger partial charge in [0, 0.05) is 34.7 Å². The Labute approximate surface area is 150 Å². The zero-order valence-electron chi connectivity index (χ0n) is 14.9. The Morgan fingerprint density at radius 2 is 1.04 bits per heavy atom. The smallest absolute Gasteiger partial charge is 0.333 e. The van der Waals surface area contributed by atoms with Crippen LogP contribution in [0.1, 0.15) is 13.8 Å². The van der Waals surface area contributed by atoms with Gasteiger partial charge in [-0.2, -0.15) is 0 Å². The molecule has 0 aromatic heterocycles. The molecule has 0 unspecified atom stereocenters. The highest BCUT2D eigenvalue weighted by Crippen LogP contribution is 2.14. The first-order chi connectivity index (χ1) is 12.3. The number of benzene rings is 1. The van der Waals surface area contributed by atoms with Crippen molar-refractivity contribution in [3.63, 3.8) is 0 Å². The van der Waals surface area contributed by atoms with Gasteiger partial charge >= 0.3 is 11.9 Å². The molecule has 0 bridgehead atoms. The van der Waals surface area contributed by atoms with Gasteiger partial charge in [-0.15, -0.1) is 0 Å². The fraction of sp³-hybridized carbons (Fsp3) is 0.222. The molecule has 0 heterocycles. The Kier molecular flexibility index (Phi) is 7.75. The second-order valence-electron chi connectivity index (χ2n) is 5.19. The number of carbonyl (C=O) groups is 4. The Morgan fingerprint density at radius 3 is 1.31 bits per heavy atom. The zero-order chi connectivity index (χ0) is 19.7. The van der Waals surface area contributed by atoms with Crippen LogP contribution in [0, 0.1) is 0 Å². The maximum absolute atomic E-state index is 11.8. The third kappa shape index (κ3) is 6.60. The van der Waals surface area contributed by atoms with Crippen molar-refractivity contribution in [3.8, 4) is 0 Å². The summed E-state index contributed by atoms with van der Waals surface area (Å²) in [5.74, 6) is -2.15. The van der Waals surface area contributed by atoms with Gasteiger partial charge in [0.25, 0.3) is 0 Å². The van der Waals surface area contributed by atoms with Crippen molar-refractivity contribution < 1.29 is 28.7 Å².